The van der Waals surface area contributed by atoms with E-state index in [1.165, 1.54) is 30.4 Å². The molecule has 1 amide bonds. The summed E-state index contributed by atoms with van der Waals surface area (Å²) in [5.74, 6) is 0.162. The summed E-state index contributed by atoms with van der Waals surface area (Å²) in [7, 11) is 0. The maximum Gasteiger partial charge on any atom is 0.246 e. The third-order valence-corrected chi connectivity index (χ3v) is 4.59. The van der Waals surface area contributed by atoms with Gasteiger partial charge >= 0.3 is 0 Å². The van der Waals surface area contributed by atoms with Crippen LogP contribution in [0.2, 0.25) is 0 Å². The van der Waals surface area contributed by atoms with E-state index >= 15 is 0 Å². The summed E-state index contributed by atoms with van der Waals surface area (Å²) >= 11 is 0. The van der Waals surface area contributed by atoms with Gasteiger partial charge in [0.05, 0.1) is 0 Å². The summed E-state index contributed by atoms with van der Waals surface area (Å²) in [6.07, 6.45) is 8.57. The molecule has 0 bridgehead atoms. The molecule has 2 rings (SSSR count). The molecule has 20 heavy (non-hydrogen) atoms. The highest BCUT2D eigenvalue weighted by Crippen LogP contribution is 2.40. The van der Waals surface area contributed by atoms with Gasteiger partial charge in [-0.15, -0.1) is 0 Å². The maximum absolute atomic E-state index is 12.3. The molecule has 3 nitrogen and oxygen atoms in total. The summed E-state index contributed by atoms with van der Waals surface area (Å²) in [6.45, 7) is 10.4. The molecule has 1 fully saturated rings. The minimum Gasteiger partial charge on any atom is -0.338 e. The first kappa shape index (κ1) is 15.3. The van der Waals surface area contributed by atoms with Crippen molar-refractivity contribution in [2.24, 2.45) is 5.41 Å². The molecule has 0 spiro atoms. The van der Waals surface area contributed by atoms with Gasteiger partial charge < -0.3 is 10.2 Å². The van der Waals surface area contributed by atoms with Crippen molar-refractivity contribution in [3.63, 3.8) is 0 Å². The molecule has 3 heteroatoms. The third-order valence-electron chi connectivity index (χ3n) is 4.59. The second kappa shape index (κ2) is 6.57. The van der Waals surface area contributed by atoms with Gasteiger partial charge in [0, 0.05) is 25.7 Å². The van der Waals surface area contributed by atoms with Crippen molar-refractivity contribution in [1.29, 1.82) is 0 Å². The Morgan fingerprint density at radius 3 is 2.80 bits per heavy atom. The van der Waals surface area contributed by atoms with Crippen LogP contribution in [0, 0.1) is 5.41 Å². The number of hydrogen-bond donors (Lipinski definition) is 1. The Kier molecular flexibility index (Phi) is 5.03. The fraction of sp³-hybridized carbons (Fsp3) is 0.706. The molecule has 0 aromatic heterocycles. The molecule has 2 aliphatic rings. The standard InChI is InChI=1S/C17H28N2O/c1-14-6-4-9-17(2,3)15(14)7-8-16(20)19-12-5-10-18-11-13-19/h7-8,18H,4-6,9-13H2,1-3H3/b8-7+. The second-order valence-electron chi connectivity index (χ2n) is 6.69. The fourth-order valence-corrected chi connectivity index (χ4v) is 3.34. The van der Waals surface area contributed by atoms with E-state index in [1.807, 2.05) is 4.90 Å². The Morgan fingerprint density at radius 2 is 2.05 bits per heavy atom. The lowest BCUT2D eigenvalue weighted by Gasteiger charge is -2.33. The van der Waals surface area contributed by atoms with Crippen LogP contribution in [0.4, 0.5) is 0 Å². The van der Waals surface area contributed by atoms with Crippen molar-refractivity contribution in [2.75, 3.05) is 26.2 Å². The second-order valence-corrected chi connectivity index (χ2v) is 6.69. The quantitative estimate of drug-likeness (QED) is 0.787. The summed E-state index contributed by atoms with van der Waals surface area (Å²) in [6, 6.07) is 0. The zero-order chi connectivity index (χ0) is 14.6. The Labute approximate surface area is 123 Å². The zero-order valence-electron chi connectivity index (χ0n) is 13.2. The molecule has 0 atom stereocenters. The molecule has 1 aliphatic carbocycles. The van der Waals surface area contributed by atoms with E-state index in [-0.39, 0.29) is 11.3 Å². The van der Waals surface area contributed by atoms with Crippen LogP contribution < -0.4 is 5.32 Å². The Morgan fingerprint density at radius 1 is 1.25 bits per heavy atom. The Hall–Kier alpha value is -1.09. The van der Waals surface area contributed by atoms with Crippen molar-refractivity contribution in [1.82, 2.24) is 10.2 Å². The monoisotopic (exact) mass is 276 g/mol. The number of rotatable bonds is 2. The van der Waals surface area contributed by atoms with Gasteiger partial charge in [0.25, 0.3) is 0 Å². The Bertz CT molecular complexity index is 413. The van der Waals surface area contributed by atoms with Crippen molar-refractivity contribution in [3.05, 3.63) is 23.3 Å². The zero-order valence-corrected chi connectivity index (χ0v) is 13.2. The lowest BCUT2D eigenvalue weighted by molar-refractivity contribution is -0.125. The average Bonchev–Trinajstić information content (AvgIpc) is 2.66. The molecule has 1 aliphatic heterocycles. The number of allylic oxidation sites excluding steroid dienone is 3. The summed E-state index contributed by atoms with van der Waals surface area (Å²) in [5, 5.41) is 3.33. The van der Waals surface area contributed by atoms with E-state index in [0.717, 1.165) is 32.6 Å². The van der Waals surface area contributed by atoms with Gasteiger partial charge in [0.15, 0.2) is 0 Å². The number of carbonyl (C=O) groups excluding carboxylic acids is 1. The number of nitrogens with zero attached hydrogens (tertiary/aromatic N) is 1. The molecule has 0 aromatic rings. The van der Waals surface area contributed by atoms with Crippen molar-refractivity contribution in [2.45, 2.75) is 46.5 Å². The van der Waals surface area contributed by atoms with Gasteiger partial charge in [-0.1, -0.05) is 25.5 Å². The minimum absolute atomic E-state index is 0.162. The van der Waals surface area contributed by atoms with Gasteiger partial charge in [-0.3, -0.25) is 4.79 Å². The van der Waals surface area contributed by atoms with Crippen molar-refractivity contribution >= 4 is 5.91 Å². The van der Waals surface area contributed by atoms with Crippen LogP contribution in [-0.4, -0.2) is 37.0 Å². The first-order chi connectivity index (χ1) is 9.50. The van der Waals surface area contributed by atoms with Gasteiger partial charge in [-0.2, -0.15) is 0 Å². The van der Waals surface area contributed by atoms with E-state index in [0.29, 0.717) is 0 Å². The smallest absolute Gasteiger partial charge is 0.246 e. The van der Waals surface area contributed by atoms with Gasteiger partial charge in [-0.25, -0.2) is 0 Å². The van der Waals surface area contributed by atoms with Crippen LogP contribution in [0.1, 0.15) is 46.5 Å². The van der Waals surface area contributed by atoms with Gasteiger partial charge in [0.2, 0.25) is 5.91 Å². The predicted molar refractivity (Wildman–Crippen MR) is 83.5 cm³/mol. The van der Waals surface area contributed by atoms with Crippen molar-refractivity contribution < 1.29 is 4.79 Å². The molecule has 1 N–H and O–H groups in total. The number of hydrogen-bond acceptors (Lipinski definition) is 2. The van der Waals surface area contributed by atoms with Gasteiger partial charge in [0.1, 0.15) is 0 Å². The van der Waals surface area contributed by atoms with Crippen LogP contribution >= 0.6 is 0 Å². The molecule has 0 radical (unpaired) electrons. The van der Waals surface area contributed by atoms with Gasteiger partial charge in [-0.05, 0) is 50.1 Å². The SMILES string of the molecule is CC1=C(/C=C/C(=O)N2CCCNCC2)C(C)(C)CCC1. The average molecular weight is 276 g/mol. The fourth-order valence-electron chi connectivity index (χ4n) is 3.34. The summed E-state index contributed by atoms with van der Waals surface area (Å²) in [5.41, 5.74) is 3.02. The highest BCUT2D eigenvalue weighted by Gasteiger charge is 2.26. The van der Waals surface area contributed by atoms with E-state index in [1.54, 1.807) is 6.08 Å². The summed E-state index contributed by atoms with van der Waals surface area (Å²) in [4.78, 5) is 14.3. The van der Waals surface area contributed by atoms with E-state index in [2.05, 4.69) is 32.2 Å². The highest BCUT2D eigenvalue weighted by atomic mass is 16.2. The number of nitrogens with one attached hydrogen (secondary N) is 1. The minimum atomic E-state index is 0.162. The largest absolute Gasteiger partial charge is 0.338 e. The van der Waals surface area contributed by atoms with Crippen LogP contribution in [0.25, 0.3) is 0 Å². The maximum atomic E-state index is 12.3. The normalized spacial score (nSPS) is 24.1. The van der Waals surface area contributed by atoms with E-state index in [4.69, 9.17) is 0 Å². The molecule has 0 aromatic carbocycles. The van der Waals surface area contributed by atoms with E-state index in [9.17, 15) is 4.79 Å². The van der Waals surface area contributed by atoms with Crippen LogP contribution in [0.5, 0.6) is 0 Å². The molecule has 0 unspecified atom stereocenters. The Balaban J connectivity index is 2.05. The summed E-state index contributed by atoms with van der Waals surface area (Å²) < 4.78 is 0. The third kappa shape index (κ3) is 3.72. The molecule has 112 valence electrons. The topological polar surface area (TPSA) is 32.3 Å². The number of amides is 1. The van der Waals surface area contributed by atoms with E-state index < -0.39 is 0 Å². The molecule has 0 saturated carbocycles. The highest BCUT2D eigenvalue weighted by molar-refractivity contribution is 5.88. The predicted octanol–water partition coefficient (Wildman–Crippen LogP) is 2.89. The first-order valence-electron chi connectivity index (χ1n) is 7.89. The lowest BCUT2D eigenvalue weighted by Crippen LogP contribution is -2.33. The first-order valence-corrected chi connectivity index (χ1v) is 7.89. The van der Waals surface area contributed by atoms with Crippen molar-refractivity contribution in [3.8, 4) is 0 Å². The molecule has 1 heterocycles. The van der Waals surface area contributed by atoms with Crippen LogP contribution in [0.15, 0.2) is 23.3 Å². The molecular formula is C17H28N2O. The molecule has 1 saturated heterocycles. The lowest BCUT2D eigenvalue weighted by atomic mass is 9.72. The molecular weight excluding hydrogens is 248 g/mol. The van der Waals surface area contributed by atoms with Crippen LogP contribution in [0.3, 0.4) is 0 Å². The van der Waals surface area contributed by atoms with Crippen LogP contribution in [-0.2, 0) is 4.79 Å². The number of carbonyl (C=O) groups is 1.